The molecule has 0 aromatic heterocycles. The summed E-state index contributed by atoms with van der Waals surface area (Å²) >= 11 is 0. The zero-order valence-electron chi connectivity index (χ0n) is 11.1. The van der Waals surface area contributed by atoms with Crippen molar-refractivity contribution in [3.8, 4) is 0 Å². The van der Waals surface area contributed by atoms with Gasteiger partial charge in [0, 0.05) is 25.7 Å². The summed E-state index contributed by atoms with van der Waals surface area (Å²) in [6.45, 7) is 10.9. The fourth-order valence-electron chi connectivity index (χ4n) is 1.75. The molecule has 96 valence electrons. The summed E-state index contributed by atoms with van der Waals surface area (Å²) in [5, 5.41) is 9.36. The van der Waals surface area contributed by atoms with Crippen LogP contribution in [-0.4, -0.2) is 37.6 Å². The second kappa shape index (κ2) is 9.60. The Hall–Kier alpha value is -0.610. The average molecular weight is 229 g/mol. The Kier molecular flexibility index (Phi) is 9.24. The quantitative estimate of drug-likeness (QED) is 0.578. The number of fused-ring (bicyclic) bond motifs is 1. The predicted octanol–water partition coefficient (Wildman–Crippen LogP) is 0.879. The second-order valence-electron chi connectivity index (χ2n) is 3.78. The van der Waals surface area contributed by atoms with Crippen molar-refractivity contribution < 1.29 is 4.79 Å². The maximum Gasteiger partial charge on any atom is 0.238 e. The molecule has 0 aromatic rings. The molecule has 3 N–H and O–H groups in total. The number of piperazine rings is 1. The molecule has 2 fully saturated rings. The minimum Gasteiger partial charge on any atom is -0.355 e. The normalized spacial score (nSPS) is 27.4. The van der Waals surface area contributed by atoms with Crippen LogP contribution in [0.4, 0.5) is 0 Å². The van der Waals surface area contributed by atoms with E-state index in [-0.39, 0.29) is 11.9 Å². The molecule has 0 aromatic carbocycles. The van der Waals surface area contributed by atoms with Crippen LogP contribution in [0.5, 0.6) is 0 Å². The van der Waals surface area contributed by atoms with Gasteiger partial charge in [-0.05, 0) is 6.42 Å². The lowest BCUT2D eigenvalue weighted by molar-refractivity contribution is -0.125. The van der Waals surface area contributed by atoms with Crippen molar-refractivity contribution in [1.29, 1.82) is 0 Å². The molecule has 0 saturated carbocycles. The molecule has 2 saturated heterocycles. The summed E-state index contributed by atoms with van der Waals surface area (Å²) in [4.78, 5) is 11.2. The Morgan fingerprint density at radius 2 is 1.69 bits per heavy atom. The molecule has 16 heavy (non-hydrogen) atoms. The number of amides is 1. The summed E-state index contributed by atoms with van der Waals surface area (Å²) in [5.41, 5.74) is 0. The van der Waals surface area contributed by atoms with E-state index in [0.717, 1.165) is 26.1 Å². The number of carbonyl (C=O) groups is 1. The van der Waals surface area contributed by atoms with Gasteiger partial charge >= 0.3 is 0 Å². The minimum absolute atomic E-state index is 0.0116. The summed E-state index contributed by atoms with van der Waals surface area (Å²) in [6.07, 6.45) is 2.30. The van der Waals surface area contributed by atoms with Gasteiger partial charge in [0.05, 0.1) is 0 Å². The molecule has 0 spiro atoms. The van der Waals surface area contributed by atoms with E-state index in [1.54, 1.807) is 0 Å². The van der Waals surface area contributed by atoms with Gasteiger partial charge in [-0.25, -0.2) is 0 Å². The molecule has 2 aliphatic rings. The van der Waals surface area contributed by atoms with Gasteiger partial charge in [-0.2, -0.15) is 0 Å². The zero-order chi connectivity index (χ0) is 12.4. The second-order valence-corrected chi connectivity index (χ2v) is 3.78. The van der Waals surface area contributed by atoms with Crippen LogP contribution in [0.25, 0.3) is 0 Å². The number of hydrogen-bond donors (Lipinski definition) is 3. The highest BCUT2D eigenvalue weighted by Gasteiger charge is 2.32. The number of piperidine rings is 1. The molecule has 4 nitrogen and oxygen atoms in total. The molecular formula is C12H27N3O. The van der Waals surface area contributed by atoms with Crippen molar-refractivity contribution >= 4 is 5.91 Å². The molecule has 0 radical (unpaired) electrons. The Bertz CT molecular complexity index is 183. The molecule has 1 amide bonds. The first-order chi connectivity index (χ1) is 7.79. The maximum atomic E-state index is 11.2. The lowest BCUT2D eigenvalue weighted by atomic mass is 9.98. The van der Waals surface area contributed by atoms with Crippen LogP contribution in [0.1, 0.15) is 40.5 Å². The Morgan fingerprint density at radius 1 is 1.12 bits per heavy atom. The van der Waals surface area contributed by atoms with E-state index in [0.29, 0.717) is 6.04 Å². The highest BCUT2D eigenvalue weighted by Crippen LogP contribution is 2.06. The molecule has 0 bridgehead atoms. The van der Waals surface area contributed by atoms with Gasteiger partial charge in [0.1, 0.15) is 6.04 Å². The van der Waals surface area contributed by atoms with Crippen LogP contribution in [0.15, 0.2) is 0 Å². The number of rotatable bonds is 0. The average Bonchev–Trinajstić information content (AvgIpc) is 2.33. The standard InChI is InChI=1S/C7H13N3O.C3H8.C2H6/c11-7-6-5(1-2-10-7)8-3-4-9-6;1-3-2;1-2/h5-6,8-9H,1-4H2,(H,10,11);3H2,1-2H3;1-2H3. The lowest BCUT2D eigenvalue weighted by Crippen LogP contribution is -2.65. The van der Waals surface area contributed by atoms with Gasteiger partial charge in [-0.15, -0.1) is 0 Å². The maximum absolute atomic E-state index is 11.2. The first-order valence-corrected chi connectivity index (χ1v) is 6.54. The fourth-order valence-corrected chi connectivity index (χ4v) is 1.75. The third-order valence-electron chi connectivity index (χ3n) is 2.34. The van der Waals surface area contributed by atoms with Gasteiger partial charge in [-0.1, -0.05) is 34.1 Å². The van der Waals surface area contributed by atoms with Crippen molar-refractivity contribution in [2.24, 2.45) is 0 Å². The molecule has 2 unspecified atom stereocenters. The fraction of sp³-hybridized carbons (Fsp3) is 0.917. The Morgan fingerprint density at radius 3 is 2.25 bits per heavy atom. The highest BCUT2D eigenvalue weighted by atomic mass is 16.2. The number of nitrogens with one attached hydrogen (secondary N) is 3. The van der Waals surface area contributed by atoms with Gasteiger partial charge in [0.15, 0.2) is 0 Å². The first kappa shape index (κ1) is 15.4. The van der Waals surface area contributed by atoms with Crippen LogP contribution in [0.3, 0.4) is 0 Å². The highest BCUT2D eigenvalue weighted by molar-refractivity contribution is 5.83. The molecule has 2 atom stereocenters. The van der Waals surface area contributed by atoms with Crippen LogP contribution in [0.2, 0.25) is 0 Å². The summed E-state index contributed by atoms with van der Waals surface area (Å²) in [6, 6.07) is 0.370. The molecule has 4 heteroatoms. The van der Waals surface area contributed by atoms with E-state index in [1.165, 1.54) is 6.42 Å². The predicted molar refractivity (Wildman–Crippen MR) is 68.5 cm³/mol. The van der Waals surface area contributed by atoms with Gasteiger partial charge < -0.3 is 16.0 Å². The SMILES string of the molecule is CC.CCC.O=C1NCCC2NCCNC12. The molecule has 2 heterocycles. The van der Waals surface area contributed by atoms with Gasteiger partial charge in [0.25, 0.3) is 0 Å². The monoisotopic (exact) mass is 229 g/mol. The summed E-state index contributed by atoms with van der Waals surface area (Å²) in [7, 11) is 0. The molecular weight excluding hydrogens is 202 g/mol. The van der Waals surface area contributed by atoms with E-state index >= 15 is 0 Å². The van der Waals surface area contributed by atoms with Gasteiger partial charge in [0.2, 0.25) is 5.91 Å². The van der Waals surface area contributed by atoms with E-state index in [9.17, 15) is 4.79 Å². The number of hydrogen-bond acceptors (Lipinski definition) is 3. The van der Waals surface area contributed by atoms with E-state index in [4.69, 9.17) is 0 Å². The van der Waals surface area contributed by atoms with Crippen molar-refractivity contribution in [2.45, 2.75) is 52.6 Å². The van der Waals surface area contributed by atoms with Gasteiger partial charge in [-0.3, -0.25) is 4.79 Å². The first-order valence-electron chi connectivity index (χ1n) is 6.54. The third-order valence-corrected chi connectivity index (χ3v) is 2.34. The van der Waals surface area contributed by atoms with Crippen molar-refractivity contribution in [2.75, 3.05) is 19.6 Å². The van der Waals surface area contributed by atoms with E-state index < -0.39 is 0 Å². The van der Waals surface area contributed by atoms with E-state index in [1.807, 2.05) is 13.8 Å². The van der Waals surface area contributed by atoms with Crippen molar-refractivity contribution in [1.82, 2.24) is 16.0 Å². The topological polar surface area (TPSA) is 53.2 Å². The largest absolute Gasteiger partial charge is 0.355 e. The Labute approximate surface area is 99.6 Å². The Balaban J connectivity index is 0.000000394. The molecule has 2 rings (SSSR count). The number of carbonyl (C=O) groups excluding carboxylic acids is 1. The summed E-state index contributed by atoms with van der Waals surface area (Å²) in [5.74, 6) is 0.147. The smallest absolute Gasteiger partial charge is 0.238 e. The zero-order valence-corrected chi connectivity index (χ0v) is 11.1. The van der Waals surface area contributed by atoms with Crippen LogP contribution >= 0.6 is 0 Å². The van der Waals surface area contributed by atoms with Crippen LogP contribution in [0, 0.1) is 0 Å². The minimum atomic E-state index is 0.0116. The van der Waals surface area contributed by atoms with E-state index in [2.05, 4.69) is 29.8 Å². The third kappa shape index (κ3) is 4.94. The molecule has 2 aliphatic heterocycles. The lowest BCUT2D eigenvalue weighted by Gasteiger charge is -2.36. The molecule has 0 aliphatic carbocycles. The van der Waals surface area contributed by atoms with Crippen LogP contribution < -0.4 is 16.0 Å². The van der Waals surface area contributed by atoms with Crippen molar-refractivity contribution in [3.05, 3.63) is 0 Å². The van der Waals surface area contributed by atoms with Crippen molar-refractivity contribution in [3.63, 3.8) is 0 Å². The van der Waals surface area contributed by atoms with Crippen LogP contribution in [-0.2, 0) is 4.79 Å². The summed E-state index contributed by atoms with van der Waals surface area (Å²) < 4.78 is 0.